The van der Waals surface area contributed by atoms with E-state index in [2.05, 4.69) is 21.9 Å². The van der Waals surface area contributed by atoms with Crippen LogP contribution in [0.4, 0.5) is 0 Å². The molecule has 0 nitrogen and oxygen atoms in total. The summed E-state index contributed by atoms with van der Waals surface area (Å²) in [5, 5.41) is -0.537. The Hall–Kier alpha value is 2.00. The molecule has 0 bridgehead atoms. The van der Waals surface area contributed by atoms with Gasteiger partial charge in [-0.2, -0.15) is 0 Å². The van der Waals surface area contributed by atoms with Gasteiger partial charge in [-0.05, 0) is 57.8 Å². The summed E-state index contributed by atoms with van der Waals surface area (Å²) in [5.74, 6) is 0. The second-order valence-electron chi connectivity index (χ2n) is 11.6. The van der Waals surface area contributed by atoms with Gasteiger partial charge >= 0.3 is 0 Å². The predicted molar refractivity (Wildman–Crippen MR) is 168 cm³/mol. The highest BCUT2D eigenvalue weighted by atomic mass is 32.9. The fourth-order valence-electron chi connectivity index (χ4n) is 6.99. The van der Waals surface area contributed by atoms with E-state index >= 15 is 0 Å². The lowest BCUT2D eigenvalue weighted by atomic mass is 10.0. The highest BCUT2D eigenvalue weighted by Crippen LogP contribution is 2.66. The average Bonchev–Trinajstić information content (AvgIpc) is 2.86. The van der Waals surface area contributed by atoms with Crippen LogP contribution in [0, 0.1) is 0 Å². The topological polar surface area (TPSA) is 0 Å². The van der Waals surface area contributed by atoms with Gasteiger partial charge in [-0.1, -0.05) is 75.9 Å². The molecule has 4 saturated carbocycles. The first-order chi connectivity index (χ1) is 16.1. The zero-order valence-electron chi connectivity index (χ0n) is 21.2. The lowest BCUT2D eigenvalue weighted by Gasteiger charge is -2.29. The summed E-state index contributed by atoms with van der Waals surface area (Å²) < 4.78 is 0. The van der Waals surface area contributed by atoms with Crippen LogP contribution in [0.25, 0.3) is 0 Å². The van der Waals surface area contributed by atoms with Gasteiger partial charge in [0.05, 0.1) is 0 Å². The van der Waals surface area contributed by atoms with Gasteiger partial charge in [0, 0.05) is 49.3 Å². The molecular formula is C27H52P2S4+2. The SMILES string of the molecule is SP(CCCP(S)(=[S+]C1CCCCC1)C1CCCCC1)(=[S+]C1CCCCC1)C1CCCCC1. The van der Waals surface area contributed by atoms with Crippen LogP contribution in [0.15, 0.2) is 0 Å². The molecule has 4 fully saturated rings. The maximum absolute atomic E-state index is 5.71. The van der Waals surface area contributed by atoms with E-state index in [0.717, 1.165) is 21.8 Å². The molecule has 4 aliphatic rings. The van der Waals surface area contributed by atoms with Crippen molar-refractivity contribution >= 4 is 56.9 Å². The second-order valence-corrected chi connectivity index (χ2v) is 29.8. The van der Waals surface area contributed by atoms with Gasteiger partial charge in [-0.3, -0.25) is 0 Å². The standard InChI is InChI=1S/C27H52P2S4/c30-28(24-14-5-1-6-15-24,32-26-18-9-3-10-19-26)22-13-23-29(31,25-16-7-2-8-17-25)33-27-20-11-4-12-21-27/h24-27,30-31H,1-23H2/q+2. The third-order valence-corrected chi connectivity index (χ3v) is 28.2. The minimum absolute atomic E-state index is 0.928. The number of rotatable bonds is 8. The van der Waals surface area contributed by atoms with E-state index in [1.54, 1.807) is 0 Å². The van der Waals surface area contributed by atoms with Crippen LogP contribution in [0.3, 0.4) is 0 Å². The monoisotopic (exact) mass is 566 g/mol. The molecule has 0 heterocycles. The molecule has 0 saturated heterocycles. The maximum Gasteiger partial charge on any atom is 0.181 e. The van der Waals surface area contributed by atoms with E-state index in [1.807, 2.05) is 0 Å². The van der Waals surface area contributed by atoms with Crippen LogP contribution in [-0.4, -0.2) is 34.1 Å². The van der Waals surface area contributed by atoms with Crippen LogP contribution in [0.2, 0.25) is 0 Å². The summed E-state index contributed by atoms with van der Waals surface area (Å²) in [7, 11) is 4.90. The molecule has 33 heavy (non-hydrogen) atoms. The van der Waals surface area contributed by atoms with Crippen LogP contribution >= 0.6 is 35.0 Å². The first-order valence-electron chi connectivity index (χ1n) is 14.7. The molecule has 0 radical (unpaired) electrons. The largest absolute Gasteiger partial charge is 0.181 e. The van der Waals surface area contributed by atoms with Gasteiger partial charge in [0.2, 0.25) is 0 Å². The predicted octanol–water partition coefficient (Wildman–Crippen LogP) is 10.4. The van der Waals surface area contributed by atoms with Gasteiger partial charge in [0.25, 0.3) is 0 Å². The van der Waals surface area contributed by atoms with Crippen LogP contribution in [-0.2, 0) is 21.9 Å². The Bertz CT molecular complexity index is 624. The van der Waals surface area contributed by atoms with Crippen molar-refractivity contribution in [1.82, 2.24) is 0 Å². The van der Waals surface area contributed by atoms with Gasteiger partial charge in [0.15, 0.2) is 42.9 Å². The van der Waals surface area contributed by atoms with Crippen molar-refractivity contribution in [3.63, 3.8) is 0 Å². The molecule has 0 aliphatic heterocycles. The highest BCUT2D eigenvalue weighted by molar-refractivity contribution is 8.67. The molecule has 192 valence electrons. The Labute approximate surface area is 224 Å². The number of hydrogen-bond donors (Lipinski definition) is 2. The Kier molecular flexibility index (Phi) is 12.1. The Morgan fingerprint density at radius 1 is 0.455 bits per heavy atom. The quantitative estimate of drug-likeness (QED) is 0.163. The fourth-order valence-corrected chi connectivity index (χ4v) is 26.9. The summed E-state index contributed by atoms with van der Waals surface area (Å²) in [6, 6.07) is 0. The van der Waals surface area contributed by atoms with E-state index in [1.165, 1.54) is 147 Å². The first-order valence-corrected chi connectivity index (χ1v) is 24.0. The van der Waals surface area contributed by atoms with E-state index in [9.17, 15) is 0 Å². The van der Waals surface area contributed by atoms with Crippen LogP contribution < -0.4 is 0 Å². The van der Waals surface area contributed by atoms with Crippen LogP contribution in [0.5, 0.6) is 0 Å². The first kappa shape index (κ1) is 28.0. The summed E-state index contributed by atoms with van der Waals surface area (Å²) >= 11 is 11.4. The highest BCUT2D eigenvalue weighted by Gasteiger charge is 2.42. The van der Waals surface area contributed by atoms with Crippen molar-refractivity contribution in [2.75, 3.05) is 12.3 Å². The van der Waals surface area contributed by atoms with Crippen molar-refractivity contribution in [2.24, 2.45) is 0 Å². The van der Waals surface area contributed by atoms with Gasteiger partial charge < -0.3 is 0 Å². The summed E-state index contributed by atoms with van der Waals surface area (Å²) in [6.07, 6.45) is 33.9. The molecule has 0 aromatic heterocycles. The van der Waals surface area contributed by atoms with E-state index in [0.29, 0.717) is 0 Å². The zero-order valence-corrected chi connectivity index (χ0v) is 26.4. The Morgan fingerprint density at radius 2 is 0.758 bits per heavy atom. The Balaban J connectivity index is 1.48. The van der Waals surface area contributed by atoms with Crippen molar-refractivity contribution in [1.29, 1.82) is 0 Å². The summed E-state index contributed by atoms with van der Waals surface area (Å²) in [5.41, 5.74) is 1.91. The summed E-state index contributed by atoms with van der Waals surface area (Å²) in [6.45, 7) is 0. The Morgan fingerprint density at radius 3 is 1.09 bits per heavy atom. The number of thiol groups is 2. The lowest BCUT2D eigenvalue weighted by molar-refractivity contribution is 0.510. The smallest absolute Gasteiger partial charge is 0.0970 e. The molecular weight excluding hydrogens is 515 g/mol. The maximum atomic E-state index is 5.71. The molecule has 2 atom stereocenters. The molecule has 0 amide bonds. The molecule has 0 aromatic carbocycles. The molecule has 2 unspecified atom stereocenters. The minimum Gasteiger partial charge on any atom is -0.0970 e. The third kappa shape index (κ3) is 8.50. The van der Waals surface area contributed by atoms with Gasteiger partial charge in [-0.25, -0.2) is 0 Å². The normalized spacial score (nSPS) is 28.7. The molecule has 0 N–H and O–H groups in total. The fraction of sp³-hybridized carbons (Fsp3) is 1.00. The average molecular weight is 567 g/mol. The molecule has 0 aromatic rings. The molecule has 4 rings (SSSR count). The lowest BCUT2D eigenvalue weighted by Crippen LogP contribution is -2.19. The van der Waals surface area contributed by atoms with Crippen molar-refractivity contribution in [3.8, 4) is 0 Å². The third-order valence-electron chi connectivity index (χ3n) is 9.02. The van der Waals surface area contributed by atoms with Crippen molar-refractivity contribution < 1.29 is 0 Å². The van der Waals surface area contributed by atoms with E-state index in [-0.39, 0.29) is 0 Å². The molecule has 6 heteroatoms. The van der Waals surface area contributed by atoms with E-state index < -0.39 is 10.5 Å². The van der Waals surface area contributed by atoms with Gasteiger partial charge in [-0.15, -0.1) is 0 Å². The molecule has 4 aliphatic carbocycles. The minimum atomic E-state index is -1.20. The second kappa shape index (κ2) is 14.2. The van der Waals surface area contributed by atoms with Crippen LogP contribution in [0.1, 0.15) is 135 Å². The number of hydrogen-bond acceptors (Lipinski definition) is 0. The van der Waals surface area contributed by atoms with E-state index in [4.69, 9.17) is 24.5 Å². The van der Waals surface area contributed by atoms with Crippen molar-refractivity contribution in [2.45, 2.75) is 157 Å². The summed E-state index contributed by atoms with van der Waals surface area (Å²) in [4.78, 5) is 0. The van der Waals surface area contributed by atoms with Gasteiger partial charge in [0.1, 0.15) is 0 Å². The molecule has 0 spiro atoms. The van der Waals surface area contributed by atoms with Crippen molar-refractivity contribution in [3.05, 3.63) is 0 Å². The zero-order chi connectivity index (χ0) is 23.0.